The number of carbonyl (C=O) groups is 1. The lowest BCUT2D eigenvalue weighted by molar-refractivity contribution is -0.109. The molecule has 0 saturated carbocycles. The van der Waals surface area contributed by atoms with Gasteiger partial charge in [-0.1, -0.05) is 0 Å². The zero-order valence-electron chi connectivity index (χ0n) is 9.27. The number of carbonyl (C=O) groups excluding carboxylic acids is 1. The monoisotopic (exact) mass is 221 g/mol. The SMILES string of the molecule is Cc1nc(N2CCCCC2C=O)cc(=O)[nH]1. The largest absolute Gasteiger partial charge is 0.347 e. The minimum Gasteiger partial charge on any atom is -0.347 e. The molecule has 1 fully saturated rings. The van der Waals surface area contributed by atoms with E-state index in [0.29, 0.717) is 11.6 Å². The maximum absolute atomic E-state index is 11.3. The number of aromatic amines is 1. The molecule has 1 atom stereocenters. The van der Waals surface area contributed by atoms with Crippen LogP contribution in [0, 0.1) is 6.92 Å². The number of anilines is 1. The molecule has 1 aliphatic rings. The Balaban J connectivity index is 2.33. The number of rotatable bonds is 2. The van der Waals surface area contributed by atoms with E-state index in [4.69, 9.17) is 0 Å². The van der Waals surface area contributed by atoms with Crippen LogP contribution in [0.5, 0.6) is 0 Å². The van der Waals surface area contributed by atoms with E-state index in [2.05, 4.69) is 9.97 Å². The second kappa shape index (κ2) is 4.47. The normalized spacial score (nSPS) is 20.8. The van der Waals surface area contributed by atoms with Crippen molar-refractivity contribution in [1.82, 2.24) is 9.97 Å². The first-order chi connectivity index (χ1) is 7.70. The van der Waals surface area contributed by atoms with Crippen LogP contribution in [0.25, 0.3) is 0 Å². The van der Waals surface area contributed by atoms with E-state index in [9.17, 15) is 9.59 Å². The van der Waals surface area contributed by atoms with Crippen LogP contribution in [0.3, 0.4) is 0 Å². The third-order valence-electron chi connectivity index (χ3n) is 2.85. The standard InChI is InChI=1S/C11H15N3O2/c1-8-12-10(6-11(16)13-8)14-5-3-2-4-9(14)7-15/h6-7,9H,2-5H2,1H3,(H,12,13,16). The fraction of sp³-hybridized carbons (Fsp3) is 0.545. The van der Waals surface area contributed by atoms with E-state index >= 15 is 0 Å². The van der Waals surface area contributed by atoms with Gasteiger partial charge in [-0.15, -0.1) is 0 Å². The molecule has 1 saturated heterocycles. The summed E-state index contributed by atoms with van der Waals surface area (Å²) in [5, 5.41) is 0. The van der Waals surface area contributed by atoms with Gasteiger partial charge in [0.1, 0.15) is 17.9 Å². The number of nitrogens with one attached hydrogen (secondary N) is 1. The molecule has 1 aliphatic heterocycles. The van der Waals surface area contributed by atoms with E-state index in [1.165, 1.54) is 6.07 Å². The highest BCUT2D eigenvalue weighted by Crippen LogP contribution is 2.20. The molecular weight excluding hydrogens is 206 g/mol. The minimum absolute atomic E-state index is 0.137. The second-order valence-electron chi connectivity index (χ2n) is 4.08. The van der Waals surface area contributed by atoms with Crippen LogP contribution in [0.4, 0.5) is 5.82 Å². The fourth-order valence-corrected chi connectivity index (χ4v) is 2.09. The fourth-order valence-electron chi connectivity index (χ4n) is 2.09. The molecule has 0 aliphatic carbocycles. The Kier molecular flexibility index (Phi) is 3.03. The Bertz CT molecular complexity index is 441. The Labute approximate surface area is 93.5 Å². The van der Waals surface area contributed by atoms with Gasteiger partial charge in [0.2, 0.25) is 0 Å². The highest BCUT2D eigenvalue weighted by atomic mass is 16.1. The summed E-state index contributed by atoms with van der Waals surface area (Å²) >= 11 is 0. The summed E-state index contributed by atoms with van der Waals surface area (Å²) in [7, 11) is 0. The molecule has 0 aromatic carbocycles. The van der Waals surface area contributed by atoms with E-state index in [1.807, 2.05) is 4.90 Å². The number of hydrogen-bond donors (Lipinski definition) is 1. The van der Waals surface area contributed by atoms with E-state index in [0.717, 1.165) is 32.1 Å². The molecule has 0 radical (unpaired) electrons. The van der Waals surface area contributed by atoms with Crippen molar-refractivity contribution in [2.24, 2.45) is 0 Å². The smallest absolute Gasteiger partial charge is 0.252 e. The summed E-state index contributed by atoms with van der Waals surface area (Å²) in [6.07, 6.45) is 3.88. The van der Waals surface area contributed by atoms with Gasteiger partial charge in [0.05, 0.1) is 6.04 Å². The van der Waals surface area contributed by atoms with Crippen LogP contribution in [0.1, 0.15) is 25.1 Å². The summed E-state index contributed by atoms with van der Waals surface area (Å²) < 4.78 is 0. The van der Waals surface area contributed by atoms with Crippen LogP contribution in [0.15, 0.2) is 10.9 Å². The van der Waals surface area contributed by atoms with Gasteiger partial charge in [-0.25, -0.2) is 4.98 Å². The van der Waals surface area contributed by atoms with Crippen molar-refractivity contribution < 1.29 is 4.79 Å². The van der Waals surface area contributed by atoms with Gasteiger partial charge in [-0.3, -0.25) is 4.79 Å². The van der Waals surface area contributed by atoms with Gasteiger partial charge < -0.3 is 14.7 Å². The molecule has 16 heavy (non-hydrogen) atoms. The summed E-state index contributed by atoms with van der Waals surface area (Å²) in [4.78, 5) is 31.1. The van der Waals surface area contributed by atoms with Crippen molar-refractivity contribution in [2.45, 2.75) is 32.2 Å². The number of aromatic nitrogens is 2. The van der Waals surface area contributed by atoms with Crippen LogP contribution in [0.2, 0.25) is 0 Å². The Morgan fingerprint density at radius 3 is 3.06 bits per heavy atom. The highest BCUT2D eigenvalue weighted by molar-refractivity contribution is 5.65. The quantitative estimate of drug-likeness (QED) is 0.744. The Morgan fingerprint density at radius 1 is 1.56 bits per heavy atom. The summed E-state index contributed by atoms with van der Waals surface area (Å²) in [6.45, 7) is 2.53. The van der Waals surface area contributed by atoms with Gasteiger partial charge >= 0.3 is 0 Å². The van der Waals surface area contributed by atoms with Crippen molar-refractivity contribution in [3.63, 3.8) is 0 Å². The van der Waals surface area contributed by atoms with Crippen molar-refractivity contribution in [3.05, 3.63) is 22.2 Å². The number of aryl methyl sites for hydroxylation is 1. The molecule has 2 rings (SSSR count). The van der Waals surface area contributed by atoms with Crippen molar-refractivity contribution in [1.29, 1.82) is 0 Å². The van der Waals surface area contributed by atoms with Gasteiger partial charge in [0, 0.05) is 12.6 Å². The summed E-state index contributed by atoms with van der Waals surface area (Å²) in [6, 6.07) is 1.32. The Morgan fingerprint density at radius 2 is 2.38 bits per heavy atom. The van der Waals surface area contributed by atoms with Crippen LogP contribution in [-0.4, -0.2) is 28.8 Å². The van der Waals surface area contributed by atoms with Crippen molar-refractivity contribution in [3.8, 4) is 0 Å². The van der Waals surface area contributed by atoms with Gasteiger partial charge in [-0.2, -0.15) is 0 Å². The third kappa shape index (κ3) is 2.13. The first-order valence-electron chi connectivity index (χ1n) is 5.50. The van der Waals surface area contributed by atoms with Gasteiger partial charge in [-0.05, 0) is 26.2 Å². The lowest BCUT2D eigenvalue weighted by Gasteiger charge is -2.33. The van der Waals surface area contributed by atoms with Crippen molar-refractivity contribution in [2.75, 3.05) is 11.4 Å². The molecule has 0 spiro atoms. The minimum atomic E-state index is -0.169. The lowest BCUT2D eigenvalue weighted by atomic mass is 10.0. The highest BCUT2D eigenvalue weighted by Gasteiger charge is 2.23. The zero-order chi connectivity index (χ0) is 11.5. The Hall–Kier alpha value is -1.65. The molecule has 1 aromatic rings. The summed E-state index contributed by atoms with van der Waals surface area (Å²) in [5.74, 6) is 1.19. The first-order valence-corrected chi connectivity index (χ1v) is 5.50. The average Bonchev–Trinajstić information content (AvgIpc) is 2.27. The number of piperidine rings is 1. The molecule has 0 bridgehead atoms. The van der Waals surface area contributed by atoms with Gasteiger partial charge in [0.25, 0.3) is 5.56 Å². The maximum atomic E-state index is 11.3. The molecule has 1 aromatic heterocycles. The molecule has 1 N–H and O–H groups in total. The topological polar surface area (TPSA) is 66.1 Å². The summed E-state index contributed by atoms with van der Waals surface area (Å²) in [5.41, 5.74) is -0.169. The predicted molar refractivity (Wildman–Crippen MR) is 60.6 cm³/mol. The van der Waals surface area contributed by atoms with Crippen LogP contribution >= 0.6 is 0 Å². The molecule has 86 valence electrons. The number of nitrogens with zero attached hydrogens (tertiary/aromatic N) is 2. The van der Waals surface area contributed by atoms with Crippen LogP contribution < -0.4 is 10.5 Å². The molecule has 2 heterocycles. The molecule has 5 nitrogen and oxygen atoms in total. The molecular formula is C11H15N3O2. The van der Waals surface area contributed by atoms with Gasteiger partial charge in [0.15, 0.2) is 0 Å². The third-order valence-corrected chi connectivity index (χ3v) is 2.85. The molecule has 5 heteroatoms. The maximum Gasteiger partial charge on any atom is 0.252 e. The number of hydrogen-bond acceptors (Lipinski definition) is 4. The predicted octanol–water partition coefficient (Wildman–Crippen LogP) is 0.636. The first kappa shape index (κ1) is 10.9. The zero-order valence-corrected chi connectivity index (χ0v) is 9.27. The average molecular weight is 221 g/mol. The van der Waals surface area contributed by atoms with E-state index in [-0.39, 0.29) is 11.6 Å². The van der Waals surface area contributed by atoms with E-state index in [1.54, 1.807) is 6.92 Å². The number of H-pyrrole nitrogens is 1. The molecule has 0 amide bonds. The lowest BCUT2D eigenvalue weighted by Crippen LogP contribution is -2.41. The molecule has 1 unspecified atom stereocenters. The van der Waals surface area contributed by atoms with Crippen molar-refractivity contribution >= 4 is 12.1 Å². The van der Waals surface area contributed by atoms with Crippen LogP contribution in [-0.2, 0) is 4.79 Å². The number of aldehydes is 1. The second-order valence-corrected chi connectivity index (χ2v) is 4.08. The van der Waals surface area contributed by atoms with E-state index < -0.39 is 0 Å².